The number of anilines is 2. The van der Waals surface area contributed by atoms with Crippen LogP contribution in [0, 0.1) is 0 Å². The number of thiophene rings is 1. The Kier molecular flexibility index (Phi) is 5.98. The van der Waals surface area contributed by atoms with Crippen LogP contribution in [0.3, 0.4) is 0 Å². The summed E-state index contributed by atoms with van der Waals surface area (Å²) in [4.78, 5) is 24.2. The molecular formula is C18H14ClN3O4S2. The second-order valence-corrected chi connectivity index (χ2v) is 9.14. The number of carbonyl (C=O) groups is 2. The Hall–Kier alpha value is -2.88. The molecule has 7 nitrogen and oxygen atoms in total. The standard InChI is InChI=1S/C18H14ClN3O4S2/c19-15-10-11-16(27-15)28(25,26)22-18(24)21-14-8-6-12(7-9-14)17(23)20-13-4-2-1-3-5-13/h1-11H,(H,20,23)(H2,21,22,24). The summed E-state index contributed by atoms with van der Waals surface area (Å²) in [7, 11) is -4.01. The molecule has 3 rings (SSSR count). The van der Waals surface area contributed by atoms with Crippen LogP contribution in [-0.2, 0) is 10.0 Å². The number of para-hydroxylation sites is 1. The van der Waals surface area contributed by atoms with E-state index in [1.165, 1.54) is 36.4 Å². The maximum atomic E-state index is 12.2. The van der Waals surface area contributed by atoms with Crippen molar-refractivity contribution in [2.24, 2.45) is 0 Å². The Bertz CT molecular complexity index is 1100. The van der Waals surface area contributed by atoms with E-state index in [2.05, 4.69) is 10.6 Å². The van der Waals surface area contributed by atoms with E-state index in [0.29, 0.717) is 21.3 Å². The first kappa shape index (κ1) is 19.9. The molecule has 0 unspecified atom stereocenters. The molecule has 28 heavy (non-hydrogen) atoms. The van der Waals surface area contributed by atoms with Gasteiger partial charge in [-0.15, -0.1) is 11.3 Å². The normalized spacial score (nSPS) is 10.9. The monoisotopic (exact) mass is 435 g/mol. The van der Waals surface area contributed by atoms with Gasteiger partial charge in [0.1, 0.15) is 4.21 Å². The molecule has 0 saturated carbocycles. The number of carbonyl (C=O) groups excluding carboxylic acids is 2. The van der Waals surface area contributed by atoms with Gasteiger partial charge in [-0.3, -0.25) is 4.79 Å². The molecule has 0 aliphatic carbocycles. The van der Waals surface area contributed by atoms with Gasteiger partial charge in [-0.25, -0.2) is 17.9 Å². The fourth-order valence-corrected chi connectivity index (χ4v) is 4.59. The summed E-state index contributed by atoms with van der Waals surface area (Å²) in [5, 5.41) is 5.14. The van der Waals surface area contributed by atoms with Crippen molar-refractivity contribution in [3.05, 3.63) is 76.6 Å². The lowest BCUT2D eigenvalue weighted by molar-refractivity contribution is 0.102. The van der Waals surface area contributed by atoms with Gasteiger partial charge in [-0.1, -0.05) is 29.8 Å². The number of halogens is 1. The zero-order chi connectivity index (χ0) is 20.1. The molecule has 10 heteroatoms. The zero-order valence-electron chi connectivity index (χ0n) is 14.2. The van der Waals surface area contributed by atoms with Crippen LogP contribution in [0.15, 0.2) is 70.9 Å². The Labute approximate surface area is 170 Å². The summed E-state index contributed by atoms with van der Waals surface area (Å²) < 4.78 is 26.3. The maximum Gasteiger partial charge on any atom is 0.333 e. The molecule has 0 aliphatic rings. The summed E-state index contributed by atoms with van der Waals surface area (Å²) in [6.45, 7) is 0. The van der Waals surface area contributed by atoms with Crippen molar-refractivity contribution in [1.29, 1.82) is 0 Å². The van der Waals surface area contributed by atoms with E-state index in [0.717, 1.165) is 11.3 Å². The predicted molar refractivity (Wildman–Crippen MR) is 110 cm³/mol. The van der Waals surface area contributed by atoms with Gasteiger partial charge in [0.2, 0.25) is 0 Å². The Morgan fingerprint density at radius 1 is 0.821 bits per heavy atom. The minimum Gasteiger partial charge on any atom is -0.322 e. The minimum absolute atomic E-state index is 0.0689. The molecule has 0 bridgehead atoms. The Balaban J connectivity index is 1.60. The van der Waals surface area contributed by atoms with Crippen molar-refractivity contribution in [1.82, 2.24) is 4.72 Å². The third-order valence-corrected chi connectivity index (χ3v) is 6.53. The number of hydrogen-bond donors (Lipinski definition) is 3. The van der Waals surface area contributed by atoms with Gasteiger partial charge >= 0.3 is 6.03 Å². The van der Waals surface area contributed by atoms with Crippen LogP contribution in [0.4, 0.5) is 16.2 Å². The van der Waals surface area contributed by atoms with Crippen LogP contribution in [0.1, 0.15) is 10.4 Å². The van der Waals surface area contributed by atoms with Crippen molar-refractivity contribution in [3.8, 4) is 0 Å². The molecule has 3 aromatic rings. The van der Waals surface area contributed by atoms with E-state index in [9.17, 15) is 18.0 Å². The number of benzene rings is 2. The SMILES string of the molecule is O=C(Nc1ccc(C(=O)Nc2ccccc2)cc1)NS(=O)(=O)c1ccc(Cl)s1. The van der Waals surface area contributed by atoms with Gasteiger partial charge in [-0.2, -0.15) is 0 Å². The van der Waals surface area contributed by atoms with E-state index in [-0.39, 0.29) is 10.1 Å². The molecule has 0 saturated heterocycles. The molecule has 3 N–H and O–H groups in total. The number of amides is 3. The van der Waals surface area contributed by atoms with E-state index < -0.39 is 16.1 Å². The molecule has 0 fully saturated rings. The molecule has 2 aromatic carbocycles. The summed E-state index contributed by atoms with van der Waals surface area (Å²) in [6, 6.07) is 16.8. The molecule has 1 aromatic heterocycles. The van der Waals surface area contributed by atoms with Crippen molar-refractivity contribution in [3.63, 3.8) is 0 Å². The molecule has 0 radical (unpaired) electrons. The van der Waals surface area contributed by atoms with E-state index >= 15 is 0 Å². The third-order valence-electron chi connectivity index (χ3n) is 3.48. The quantitative estimate of drug-likeness (QED) is 0.559. The summed E-state index contributed by atoms with van der Waals surface area (Å²) in [5.41, 5.74) is 1.37. The lowest BCUT2D eigenvalue weighted by Gasteiger charge is -2.09. The summed E-state index contributed by atoms with van der Waals surface area (Å²) in [6.07, 6.45) is 0. The van der Waals surface area contributed by atoms with Crippen LogP contribution in [0.2, 0.25) is 4.34 Å². The minimum atomic E-state index is -4.01. The molecule has 144 valence electrons. The largest absolute Gasteiger partial charge is 0.333 e. The number of rotatable bonds is 5. The molecule has 0 aliphatic heterocycles. The van der Waals surface area contributed by atoms with Crippen molar-refractivity contribution in [2.45, 2.75) is 4.21 Å². The lowest BCUT2D eigenvalue weighted by atomic mass is 10.2. The number of urea groups is 1. The van der Waals surface area contributed by atoms with Gasteiger partial charge in [0.05, 0.1) is 4.34 Å². The topological polar surface area (TPSA) is 104 Å². The smallest absolute Gasteiger partial charge is 0.322 e. The number of hydrogen-bond acceptors (Lipinski definition) is 5. The average Bonchev–Trinajstić information content (AvgIpc) is 3.10. The first-order valence-electron chi connectivity index (χ1n) is 7.89. The van der Waals surface area contributed by atoms with Crippen LogP contribution in [0.25, 0.3) is 0 Å². The zero-order valence-corrected chi connectivity index (χ0v) is 16.6. The molecule has 0 spiro atoms. The van der Waals surface area contributed by atoms with Crippen molar-refractivity contribution in [2.75, 3.05) is 10.6 Å². The van der Waals surface area contributed by atoms with Crippen molar-refractivity contribution >= 4 is 56.3 Å². The van der Waals surface area contributed by atoms with Gasteiger partial charge in [0.15, 0.2) is 0 Å². The predicted octanol–water partition coefficient (Wildman–Crippen LogP) is 4.16. The highest BCUT2D eigenvalue weighted by Gasteiger charge is 2.19. The van der Waals surface area contributed by atoms with E-state index in [4.69, 9.17) is 11.6 Å². The average molecular weight is 436 g/mol. The Morgan fingerprint density at radius 2 is 1.46 bits per heavy atom. The fraction of sp³-hybridized carbons (Fsp3) is 0. The van der Waals surface area contributed by atoms with Gasteiger partial charge in [-0.05, 0) is 48.5 Å². The summed E-state index contributed by atoms with van der Waals surface area (Å²) >= 11 is 6.56. The summed E-state index contributed by atoms with van der Waals surface area (Å²) in [5.74, 6) is -0.306. The fourth-order valence-electron chi connectivity index (χ4n) is 2.20. The van der Waals surface area contributed by atoms with E-state index in [1.807, 2.05) is 10.8 Å². The van der Waals surface area contributed by atoms with Crippen LogP contribution < -0.4 is 15.4 Å². The molecule has 1 heterocycles. The van der Waals surface area contributed by atoms with Crippen molar-refractivity contribution < 1.29 is 18.0 Å². The van der Waals surface area contributed by atoms with Gasteiger partial charge in [0, 0.05) is 16.9 Å². The lowest BCUT2D eigenvalue weighted by Crippen LogP contribution is -2.33. The second-order valence-electron chi connectivity index (χ2n) is 5.52. The third kappa shape index (κ3) is 5.10. The van der Waals surface area contributed by atoms with E-state index in [1.54, 1.807) is 24.3 Å². The number of nitrogens with one attached hydrogen (secondary N) is 3. The highest BCUT2D eigenvalue weighted by Crippen LogP contribution is 2.25. The van der Waals surface area contributed by atoms with Crippen LogP contribution in [0.5, 0.6) is 0 Å². The Morgan fingerprint density at radius 3 is 2.07 bits per heavy atom. The van der Waals surface area contributed by atoms with Crippen LogP contribution in [-0.4, -0.2) is 20.4 Å². The molecular weight excluding hydrogens is 422 g/mol. The first-order valence-corrected chi connectivity index (χ1v) is 10.6. The molecule has 3 amide bonds. The molecule has 0 atom stereocenters. The number of sulfonamides is 1. The highest BCUT2D eigenvalue weighted by molar-refractivity contribution is 7.92. The first-order chi connectivity index (χ1) is 13.3. The highest BCUT2D eigenvalue weighted by atomic mass is 35.5. The van der Waals surface area contributed by atoms with Gasteiger partial charge in [0.25, 0.3) is 15.9 Å². The van der Waals surface area contributed by atoms with Gasteiger partial charge < -0.3 is 10.6 Å². The maximum absolute atomic E-state index is 12.2. The second kappa shape index (κ2) is 8.42. The van der Waals surface area contributed by atoms with Crippen LogP contribution >= 0.6 is 22.9 Å².